The molecule has 1 aromatic carbocycles. The van der Waals surface area contributed by atoms with Crippen LogP contribution in [-0.2, 0) is 7.05 Å². The van der Waals surface area contributed by atoms with Gasteiger partial charge in [0.1, 0.15) is 5.82 Å². The topological polar surface area (TPSA) is 92.1 Å². The number of nitrogens with zero attached hydrogens (tertiary/aromatic N) is 7. The molecule has 1 amide bonds. The van der Waals surface area contributed by atoms with E-state index in [1.807, 2.05) is 49.8 Å². The maximum absolute atomic E-state index is 13.0. The lowest BCUT2D eigenvalue weighted by Gasteiger charge is -2.35. The van der Waals surface area contributed by atoms with Gasteiger partial charge in [-0.25, -0.2) is 4.98 Å². The molecular formula is C25H28N8O. The third kappa shape index (κ3) is 4.60. The zero-order valence-corrected chi connectivity index (χ0v) is 19.6. The number of carbonyl (C=O) groups excluding carboxylic acids is 1. The van der Waals surface area contributed by atoms with Crippen LogP contribution in [0.25, 0.3) is 22.0 Å². The van der Waals surface area contributed by atoms with E-state index in [4.69, 9.17) is 0 Å². The molecule has 0 radical (unpaired) electrons. The van der Waals surface area contributed by atoms with E-state index in [2.05, 4.69) is 49.5 Å². The molecule has 34 heavy (non-hydrogen) atoms. The Morgan fingerprint density at radius 1 is 1.06 bits per heavy atom. The van der Waals surface area contributed by atoms with Crippen LogP contribution in [-0.4, -0.2) is 69.0 Å². The van der Waals surface area contributed by atoms with Crippen molar-refractivity contribution < 1.29 is 4.79 Å². The van der Waals surface area contributed by atoms with Gasteiger partial charge in [0.2, 0.25) is 0 Å². The average molecular weight is 457 g/mol. The van der Waals surface area contributed by atoms with Crippen molar-refractivity contribution in [3.05, 3.63) is 60.6 Å². The van der Waals surface area contributed by atoms with Gasteiger partial charge in [0, 0.05) is 49.0 Å². The number of hydrogen-bond acceptors (Lipinski definition) is 7. The van der Waals surface area contributed by atoms with Crippen LogP contribution in [0.3, 0.4) is 0 Å². The van der Waals surface area contributed by atoms with Crippen LogP contribution in [0.2, 0.25) is 0 Å². The monoisotopic (exact) mass is 456 g/mol. The van der Waals surface area contributed by atoms with Crippen molar-refractivity contribution in [2.75, 3.05) is 37.4 Å². The van der Waals surface area contributed by atoms with Gasteiger partial charge in [0.05, 0.1) is 11.7 Å². The third-order valence-corrected chi connectivity index (χ3v) is 6.47. The summed E-state index contributed by atoms with van der Waals surface area (Å²) in [5, 5.41) is 16.5. The highest BCUT2D eigenvalue weighted by Crippen LogP contribution is 2.25. The standard InChI is InChI=1S/C25H28N8O/c1-31-10-7-21(8-11-31)33(3)24-14-18(6-9-26-24)25(34)28-23-13-19-12-17(4-5-22(19)29-30-23)20-15-27-32(2)16-20/h4-6,9,12-16,21H,7-8,10-11H2,1-3H3,(H,28,30,34). The van der Waals surface area contributed by atoms with Crippen molar-refractivity contribution in [1.29, 1.82) is 0 Å². The van der Waals surface area contributed by atoms with Crippen LogP contribution in [0.5, 0.6) is 0 Å². The van der Waals surface area contributed by atoms with E-state index in [0.717, 1.165) is 53.8 Å². The zero-order chi connectivity index (χ0) is 23.7. The van der Waals surface area contributed by atoms with Crippen LogP contribution in [0.1, 0.15) is 23.2 Å². The highest BCUT2D eigenvalue weighted by molar-refractivity contribution is 6.04. The van der Waals surface area contributed by atoms with Crippen molar-refractivity contribution in [3.63, 3.8) is 0 Å². The van der Waals surface area contributed by atoms with Crippen LogP contribution >= 0.6 is 0 Å². The molecule has 0 atom stereocenters. The first kappa shape index (κ1) is 22.0. The SMILES string of the molecule is CN1CCC(N(C)c2cc(C(=O)Nc3cc4cc(-c5cnn(C)c5)ccc4nn3)ccn2)CC1. The number of pyridine rings is 1. The lowest BCUT2D eigenvalue weighted by molar-refractivity contribution is 0.102. The van der Waals surface area contributed by atoms with Gasteiger partial charge in [0.25, 0.3) is 5.91 Å². The molecular weight excluding hydrogens is 428 g/mol. The molecule has 3 aromatic heterocycles. The fraction of sp³-hybridized carbons (Fsp3) is 0.320. The molecule has 0 aliphatic carbocycles. The molecule has 1 N–H and O–H groups in total. The van der Waals surface area contributed by atoms with E-state index in [1.54, 1.807) is 16.9 Å². The Balaban J connectivity index is 1.33. The number of piperidine rings is 1. The van der Waals surface area contributed by atoms with Crippen molar-refractivity contribution in [2.45, 2.75) is 18.9 Å². The highest BCUT2D eigenvalue weighted by Gasteiger charge is 2.22. The largest absolute Gasteiger partial charge is 0.357 e. The Morgan fingerprint density at radius 3 is 2.65 bits per heavy atom. The Morgan fingerprint density at radius 2 is 1.88 bits per heavy atom. The molecule has 174 valence electrons. The van der Waals surface area contributed by atoms with Gasteiger partial charge in [0.15, 0.2) is 5.82 Å². The van der Waals surface area contributed by atoms with E-state index < -0.39 is 0 Å². The summed E-state index contributed by atoms with van der Waals surface area (Å²) >= 11 is 0. The van der Waals surface area contributed by atoms with E-state index in [1.165, 1.54) is 0 Å². The Labute approximate surface area is 198 Å². The van der Waals surface area contributed by atoms with Crippen LogP contribution < -0.4 is 10.2 Å². The van der Waals surface area contributed by atoms with E-state index >= 15 is 0 Å². The Hall–Kier alpha value is -3.85. The molecule has 4 aromatic rings. The fourth-order valence-electron chi connectivity index (χ4n) is 4.37. The molecule has 1 fully saturated rings. The number of benzene rings is 1. The first-order valence-corrected chi connectivity index (χ1v) is 11.4. The van der Waals surface area contributed by atoms with Crippen molar-refractivity contribution in [1.82, 2.24) is 29.9 Å². The minimum atomic E-state index is -0.238. The molecule has 0 bridgehead atoms. The molecule has 0 spiro atoms. The van der Waals surface area contributed by atoms with Crippen molar-refractivity contribution >= 4 is 28.4 Å². The molecule has 1 aliphatic rings. The molecule has 1 saturated heterocycles. The maximum Gasteiger partial charge on any atom is 0.257 e. The Bertz CT molecular complexity index is 1330. The first-order chi connectivity index (χ1) is 16.5. The summed E-state index contributed by atoms with van der Waals surface area (Å²) in [5.41, 5.74) is 3.35. The summed E-state index contributed by atoms with van der Waals surface area (Å²) < 4.78 is 1.77. The highest BCUT2D eigenvalue weighted by atomic mass is 16.1. The van der Waals surface area contributed by atoms with Gasteiger partial charge in [-0.1, -0.05) is 6.07 Å². The molecule has 0 unspecified atom stereocenters. The molecule has 5 rings (SSSR count). The smallest absolute Gasteiger partial charge is 0.257 e. The lowest BCUT2D eigenvalue weighted by Crippen LogP contribution is -2.42. The van der Waals surface area contributed by atoms with Crippen LogP contribution in [0.4, 0.5) is 11.6 Å². The third-order valence-electron chi connectivity index (χ3n) is 6.47. The number of amides is 1. The van der Waals surface area contributed by atoms with Gasteiger partial charge in [-0.3, -0.25) is 9.48 Å². The van der Waals surface area contributed by atoms with E-state index in [9.17, 15) is 4.79 Å². The second-order valence-corrected chi connectivity index (χ2v) is 8.91. The predicted molar refractivity (Wildman–Crippen MR) is 133 cm³/mol. The minimum absolute atomic E-state index is 0.238. The number of likely N-dealkylation sites (tertiary alicyclic amines) is 1. The zero-order valence-electron chi connectivity index (χ0n) is 19.6. The normalized spacial score (nSPS) is 14.9. The molecule has 9 nitrogen and oxygen atoms in total. The maximum atomic E-state index is 13.0. The molecule has 1 aliphatic heterocycles. The number of rotatable bonds is 5. The second kappa shape index (κ2) is 9.18. The van der Waals surface area contributed by atoms with Crippen molar-refractivity contribution in [3.8, 4) is 11.1 Å². The number of carbonyl (C=O) groups is 1. The summed E-state index contributed by atoms with van der Waals surface area (Å²) in [5.74, 6) is 0.966. The number of hydrogen-bond donors (Lipinski definition) is 1. The number of fused-ring (bicyclic) bond motifs is 1. The predicted octanol–water partition coefficient (Wildman–Crippen LogP) is 3.21. The number of nitrogens with one attached hydrogen (secondary N) is 1. The molecule has 4 heterocycles. The fourth-order valence-corrected chi connectivity index (χ4v) is 4.37. The first-order valence-electron chi connectivity index (χ1n) is 11.4. The summed E-state index contributed by atoms with van der Waals surface area (Å²) in [6, 6.07) is 11.8. The number of anilines is 2. The summed E-state index contributed by atoms with van der Waals surface area (Å²) in [6.07, 6.45) is 7.63. The summed E-state index contributed by atoms with van der Waals surface area (Å²) in [7, 11) is 6.09. The van der Waals surface area contributed by atoms with Gasteiger partial charge in [-0.05, 0) is 68.9 Å². The minimum Gasteiger partial charge on any atom is -0.357 e. The average Bonchev–Trinajstić information content (AvgIpc) is 3.30. The lowest BCUT2D eigenvalue weighted by atomic mass is 10.0. The summed E-state index contributed by atoms with van der Waals surface area (Å²) in [6.45, 7) is 2.14. The summed E-state index contributed by atoms with van der Waals surface area (Å²) in [4.78, 5) is 22.0. The van der Waals surface area contributed by atoms with Gasteiger partial charge in [-0.15, -0.1) is 10.2 Å². The Kier molecular flexibility index (Phi) is 5.93. The number of aromatic nitrogens is 5. The number of aryl methyl sites for hydroxylation is 1. The van der Waals surface area contributed by atoms with Crippen LogP contribution in [0, 0.1) is 0 Å². The quantitative estimate of drug-likeness (QED) is 0.493. The second-order valence-electron chi connectivity index (χ2n) is 8.91. The van der Waals surface area contributed by atoms with Crippen LogP contribution in [0.15, 0.2) is 55.0 Å². The van der Waals surface area contributed by atoms with Gasteiger partial charge in [-0.2, -0.15) is 5.10 Å². The van der Waals surface area contributed by atoms with Gasteiger partial charge < -0.3 is 15.1 Å². The molecule has 9 heteroatoms. The van der Waals surface area contributed by atoms with Crippen molar-refractivity contribution in [2.24, 2.45) is 7.05 Å². The van der Waals surface area contributed by atoms with Gasteiger partial charge >= 0.3 is 0 Å². The van der Waals surface area contributed by atoms with E-state index in [0.29, 0.717) is 17.4 Å². The molecule has 0 saturated carbocycles. The van der Waals surface area contributed by atoms with E-state index in [-0.39, 0.29) is 5.91 Å².